The minimum absolute atomic E-state index is 0.00577. The van der Waals surface area contributed by atoms with Crippen LogP contribution in [0.3, 0.4) is 0 Å². The Kier molecular flexibility index (Phi) is 6.90. The van der Waals surface area contributed by atoms with Gasteiger partial charge in [-0.05, 0) is 44.2 Å². The number of benzene rings is 2. The number of halogens is 3. The first-order valence-electron chi connectivity index (χ1n) is 14.8. The molecule has 0 aliphatic carbocycles. The molecule has 0 spiro atoms. The fourth-order valence-electron chi connectivity index (χ4n) is 7.26. The number of alkyl halides is 1. The summed E-state index contributed by atoms with van der Waals surface area (Å²) in [4.78, 5) is 18.0. The molecule has 3 aliphatic rings. The molecule has 3 fully saturated rings. The van der Waals surface area contributed by atoms with Crippen LogP contribution in [0.5, 0.6) is 6.01 Å². The van der Waals surface area contributed by atoms with Crippen molar-refractivity contribution in [2.75, 3.05) is 38.2 Å². The lowest BCUT2D eigenvalue weighted by atomic mass is 9.95. The van der Waals surface area contributed by atoms with Crippen molar-refractivity contribution in [3.63, 3.8) is 0 Å². The van der Waals surface area contributed by atoms with E-state index in [-0.39, 0.29) is 35.4 Å². The molecule has 2 aromatic heterocycles. The lowest BCUT2D eigenvalue weighted by molar-refractivity contribution is 0.107. The summed E-state index contributed by atoms with van der Waals surface area (Å²) in [5, 5.41) is 4.97. The number of anilines is 1. The zero-order chi connectivity index (χ0) is 29.9. The molecule has 0 amide bonds. The van der Waals surface area contributed by atoms with E-state index >= 15 is 4.39 Å². The lowest BCUT2D eigenvalue weighted by Crippen LogP contribution is -2.43. The minimum Gasteiger partial charge on any atom is -0.461 e. The lowest BCUT2D eigenvalue weighted by Gasteiger charge is -2.31. The van der Waals surface area contributed by atoms with Gasteiger partial charge in [0, 0.05) is 55.8 Å². The molecule has 0 saturated carbocycles. The molecule has 0 bridgehead atoms. The number of terminal acetylenes is 1. The maximum absolute atomic E-state index is 16.6. The van der Waals surface area contributed by atoms with Crippen LogP contribution in [0.1, 0.15) is 38.2 Å². The van der Waals surface area contributed by atoms with Gasteiger partial charge in [0.2, 0.25) is 0 Å². The van der Waals surface area contributed by atoms with Crippen LogP contribution < -0.4 is 15.0 Å². The van der Waals surface area contributed by atoms with Crippen LogP contribution in [-0.4, -0.2) is 76.9 Å². The maximum Gasteiger partial charge on any atom is 0.319 e. The Labute approximate surface area is 248 Å². The highest BCUT2D eigenvalue weighted by Gasteiger charge is 2.49. The van der Waals surface area contributed by atoms with Gasteiger partial charge in [-0.15, -0.1) is 6.42 Å². The molecule has 2 aromatic carbocycles. The van der Waals surface area contributed by atoms with E-state index in [1.807, 2.05) is 11.9 Å². The molecular formula is C33H33F3N6O. The van der Waals surface area contributed by atoms with Crippen molar-refractivity contribution < 1.29 is 17.9 Å². The summed E-state index contributed by atoms with van der Waals surface area (Å²) in [5.74, 6) is 1.68. The van der Waals surface area contributed by atoms with Crippen molar-refractivity contribution in [1.82, 2.24) is 25.2 Å². The topological polar surface area (TPSA) is 66.4 Å². The van der Waals surface area contributed by atoms with Gasteiger partial charge < -0.3 is 15.0 Å². The summed E-state index contributed by atoms with van der Waals surface area (Å²) in [7, 11) is 1.93. The van der Waals surface area contributed by atoms with E-state index in [9.17, 15) is 8.78 Å². The smallest absolute Gasteiger partial charge is 0.319 e. The number of rotatable bonds is 6. The first-order valence-corrected chi connectivity index (χ1v) is 14.8. The first-order chi connectivity index (χ1) is 20.8. The number of ether oxygens (including phenoxy) is 1. The number of nitrogens with one attached hydrogen (secondary N) is 1. The Bertz CT molecular complexity index is 1780. The van der Waals surface area contributed by atoms with E-state index in [1.54, 1.807) is 30.5 Å². The van der Waals surface area contributed by atoms with Crippen molar-refractivity contribution in [1.29, 1.82) is 0 Å². The third kappa shape index (κ3) is 4.66. The number of likely N-dealkylation sites (N-methyl/N-ethyl adjacent to an activating group) is 1. The number of fused-ring (bicyclic) bond motifs is 3. The monoisotopic (exact) mass is 586 g/mol. The summed E-state index contributed by atoms with van der Waals surface area (Å²) in [6.07, 6.45) is 9.44. The highest BCUT2D eigenvalue weighted by Crippen LogP contribution is 2.41. The van der Waals surface area contributed by atoms with Gasteiger partial charge in [0.05, 0.1) is 16.5 Å². The largest absolute Gasteiger partial charge is 0.461 e. The van der Waals surface area contributed by atoms with E-state index in [4.69, 9.17) is 16.1 Å². The fraction of sp³-hybridized carbons (Fsp3) is 0.424. The second-order valence-corrected chi connectivity index (χ2v) is 12.2. The Balaban J connectivity index is 1.36. The van der Waals surface area contributed by atoms with Crippen LogP contribution in [-0.2, 0) is 0 Å². The second-order valence-electron chi connectivity index (χ2n) is 12.2. The van der Waals surface area contributed by atoms with E-state index in [0.717, 1.165) is 32.4 Å². The molecule has 1 N–H and O–H groups in total. The third-order valence-electron chi connectivity index (χ3n) is 9.48. The number of aromatic nitrogens is 3. The standard InChI is InChI=1S/C33H33F3N6O/c1-4-23-26(35)10-9-20-7-5-8-24(27(20)23)29-28(36)30-25(16-38-29)31(41(3)22-13-19(2)37-15-22)40-32(39-30)43-18-33-11-6-12-42(33)17-21(34)14-33/h1,5,7-10,16,19,21-22,37H,6,11-15,17-18H2,2-3H3/t19-,21-,22-,33+/m1/s1. The van der Waals surface area contributed by atoms with Crippen molar-refractivity contribution >= 4 is 27.5 Å². The Morgan fingerprint density at radius 1 is 1.23 bits per heavy atom. The summed E-state index contributed by atoms with van der Waals surface area (Å²) in [5.41, 5.74) is 0.0604. The van der Waals surface area contributed by atoms with E-state index in [0.29, 0.717) is 46.5 Å². The predicted octanol–water partition coefficient (Wildman–Crippen LogP) is 5.25. The van der Waals surface area contributed by atoms with Crippen LogP contribution in [0.25, 0.3) is 32.9 Å². The molecule has 5 heterocycles. The van der Waals surface area contributed by atoms with Crippen LogP contribution in [0.15, 0.2) is 36.5 Å². The summed E-state index contributed by atoms with van der Waals surface area (Å²) < 4.78 is 52.0. The molecule has 3 aliphatic heterocycles. The van der Waals surface area contributed by atoms with Crippen LogP contribution in [0.4, 0.5) is 19.0 Å². The molecule has 0 radical (unpaired) electrons. The average molecular weight is 587 g/mol. The highest BCUT2D eigenvalue weighted by molar-refractivity contribution is 6.02. The van der Waals surface area contributed by atoms with E-state index in [2.05, 4.69) is 33.0 Å². The number of nitrogens with zero attached hydrogens (tertiary/aromatic N) is 5. The van der Waals surface area contributed by atoms with Gasteiger partial charge in [0.1, 0.15) is 35.6 Å². The average Bonchev–Trinajstić information content (AvgIpc) is 3.69. The summed E-state index contributed by atoms with van der Waals surface area (Å²) in [6.45, 7) is 4.32. The first kappa shape index (κ1) is 27.9. The molecule has 4 aromatic rings. The van der Waals surface area contributed by atoms with Gasteiger partial charge >= 0.3 is 6.01 Å². The fourth-order valence-corrected chi connectivity index (χ4v) is 7.26. The normalized spacial score (nSPS) is 25.3. The second kappa shape index (κ2) is 10.6. The van der Waals surface area contributed by atoms with Crippen molar-refractivity contribution in [2.24, 2.45) is 0 Å². The Morgan fingerprint density at radius 2 is 2.09 bits per heavy atom. The molecule has 0 unspecified atom stereocenters. The zero-order valence-electron chi connectivity index (χ0n) is 24.2. The number of hydrogen-bond donors (Lipinski definition) is 1. The van der Waals surface area contributed by atoms with Gasteiger partial charge in [0.25, 0.3) is 0 Å². The van der Waals surface area contributed by atoms with Gasteiger partial charge in [-0.2, -0.15) is 9.97 Å². The number of pyridine rings is 1. The van der Waals surface area contributed by atoms with E-state index < -0.39 is 23.3 Å². The molecule has 43 heavy (non-hydrogen) atoms. The molecule has 7 rings (SSSR count). The molecule has 4 atom stereocenters. The molecule has 10 heteroatoms. The van der Waals surface area contributed by atoms with Crippen molar-refractivity contribution in [3.8, 4) is 29.6 Å². The quantitative estimate of drug-likeness (QED) is 0.310. The van der Waals surface area contributed by atoms with Crippen LogP contribution in [0, 0.1) is 24.0 Å². The van der Waals surface area contributed by atoms with Crippen LogP contribution >= 0.6 is 0 Å². The molecule has 7 nitrogen and oxygen atoms in total. The van der Waals surface area contributed by atoms with Gasteiger partial charge in [-0.25, -0.2) is 13.2 Å². The number of hydrogen-bond acceptors (Lipinski definition) is 7. The maximum atomic E-state index is 16.6. The van der Waals surface area contributed by atoms with Crippen molar-refractivity contribution in [2.45, 2.75) is 56.4 Å². The molecule has 3 saturated heterocycles. The molecule has 222 valence electrons. The van der Waals surface area contributed by atoms with E-state index in [1.165, 1.54) is 6.07 Å². The Hall–Kier alpha value is -3.94. The zero-order valence-corrected chi connectivity index (χ0v) is 24.2. The predicted molar refractivity (Wildman–Crippen MR) is 161 cm³/mol. The summed E-state index contributed by atoms with van der Waals surface area (Å²) >= 11 is 0. The van der Waals surface area contributed by atoms with Gasteiger partial charge in [0.15, 0.2) is 5.82 Å². The Morgan fingerprint density at radius 3 is 2.88 bits per heavy atom. The summed E-state index contributed by atoms with van der Waals surface area (Å²) in [6, 6.07) is 8.64. The minimum atomic E-state index is -0.899. The van der Waals surface area contributed by atoms with Crippen molar-refractivity contribution in [3.05, 3.63) is 53.7 Å². The van der Waals surface area contributed by atoms with Crippen LogP contribution in [0.2, 0.25) is 0 Å². The van der Waals surface area contributed by atoms with Gasteiger partial charge in [-0.1, -0.05) is 30.2 Å². The highest BCUT2D eigenvalue weighted by atomic mass is 19.1. The molecular weight excluding hydrogens is 553 g/mol. The SMILES string of the molecule is C#Cc1c(F)ccc2cccc(-c3ncc4c(N(C)[C@H]5CN[C@H](C)C5)nc(OC[C@@]56CCCN5C[C@H](F)C6)nc4c3F)c12. The third-order valence-corrected chi connectivity index (χ3v) is 9.48. The van der Waals surface area contributed by atoms with Gasteiger partial charge in [-0.3, -0.25) is 9.88 Å².